The normalized spacial score (nSPS) is 10.9. The van der Waals surface area contributed by atoms with Gasteiger partial charge in [0.15, 0.2) is 0 Å². The van der Waals surface area contributed by atoms with Gasteiger partial charge in [-0.2, -0.15) is 5.10 Å². The van der Waals surface area contributed by atoms with Gasteiger partial charge in [-0.1, -0.05) is 35.9 Å². The van der Waals surface area contributed by atoms with Gasteiger partial charge in [0, 0.05) is 21.7 Å². The molecular formula is C26H19ClN4O4. The highest BCUT2D eigenvalue weighted by Crippen LogP contribution is 2.33. The van der Waals surface area contributed by atoms with Crippen LogP contribution in [0, 0.1) is 6.92 Å². The van der Waals surface area contributed by atoms with Crippen LogP contribution in [0.15, 0.2) is 77.2 Å². The second-order valence-electron chi connectivity index (χ2n) is 7.86. The van der Waals surface area contributed by atoms with Gasteiger partial charge in [-0.15, -0.1) is 0 Å². The molecule has 4 N–H and O–H groups in total. The zero-order valence-corrected chi connectivity index (χ0v) is 19.2. The highest BCUT2D eigenvalue weighted by molar-refractivity contribution is 6.30. The maximum atomic E-state index is 13.1. The average Bonchev–Trinajstić information content (AvgIpc) is 3.48. The lowest BCUT2D eigenvalue weighted by atomic mass is 10.1. The van der Waals surface area contributed by atoms with E-state index in [2.05, 4.69) is 20.8 Å². The number of carbonyl (C=O) groups is 2. The molecule has 5 rings (SSSR count). The van der Waals surface area contributed by atoms with Gasteiger partial charge in [-0.25, -0.2) is 0 Å². The molecule has 2 heterocycles. The monoisotopic (exact) mass is 486 g/mol. The Morgan fingerprint density at radius 1 is 0.971 bits per heavy atom. The molecule has 0 spiro atoms. The zero-order chi connectivity index (χ0) is 24.5. The summed E-state index contributed by atoms with van der Waals surface area (Å²) in [6.07, 6.45) is 0. The maximum absolute atomic E-state index is 13.1. The van der Waals surface area contributed by atoms with Crippen LogP contribution in [0.4, 0.5) is 11.4 Å². The number of benzene rings is 3. The van der Waals surface area contributed by atoms with E-state index in [4.69, 9.17) is 16.0 Å². The number of aromatic nitrogens is 2. The van der Waals surface area contributed by atoms with E-state index in [1.165, 1.54) is 6.07 Å². The third kappa shape index (κ3) is 4.34. The fourth-order valence-electron chi connectivity index (χ4n) is 3.67. The van der Waals surface area contributed by atoms with Crippen LogP contribution < -0.4 is 10.6 Å². The molecule has 0 aliphatic rings. The molecule has 0 unspecified atom stereocenters. The number of para-hydroxylation sites is 2. The number of H-pyrrole nitrogens is 1. The minimum absolute atomic E-state index is 0.0504. The van der Waals surface area contributed by atoms with Crippen LogP contribution in [0.25, 0.3) is 22.2 Å². The molecule has 9 heteroatoms. The minimum atomic E-state index is -0.534. The van der Waals surface area contributed by atoms with Gasteiger partial charge in [0.05, 0.1) is 5.69 Å². The quantitative estimate of drug-likeness (QED) is 0.243. The predicted molar refractivity (Wildman–Crippen MR) is 134 cm³/mol. The van der Waals surface area contributed by atoms with Crippen LogP contribution in [0.1, 0.15) is 26.6 Å². The maximum Gasteiger partial charge on any atom is 0.293 e. The highest BCUT2D eigenvalue weighted by Gasteiger charge is 2.24. The molecule has 0 bridgehead atoms. The van der Waals surface area contributed by atoms with Crippen molar-refractivity contribution in [2.24, 2.45) is 0 Å². The van der Waals surface area contributed by atoms with Crippen LogP contribution >= 0.6 is 11.6 Å². The molecule has 0 radical (unpaired) electrons. The molecule has 35 heavy (non-hydrogen) atoms. The Hall–Kier alpha value is -4.56. The number of aromatic amines is 1. The minimum Gasteiger partial charge on any atom is -0.507 e. The number of halogens is 1. The number of carbonyl (C=O) groups excluding carboxylic acids is 2. The zero-order valence-electron chi connectivity index (χ0n) is 18.4. The standard InChI is InChI=1S/C26H19ClN4O4/c1-14-5-4-7-17(23(14)32)19-13-20(31-30-19)25(33)29-22-18-6-2-3-8-21(18)35-24(22)26(34)28-16-11-9-15(27)10-12-16/h2-13,32H,1H3,(H,28,34)(H,29,33)(H,30,31). The number of furan rings is 1. The molecule has 2 aromatic heterocycles. The molecule has 0 saturated carbocycles. The van der Waals surface area contributed by atoms with E-state index in [9.17, 15) is 14.7 Å². The van der Waals surface area contributed by atoms with Crippen molar-refractivity contribution in [2.75, 3.05) is 10.6 Å². The fourth-order valence-corrected chi connectivity index (χ4v) is 3.80. The Kier molecular flexibility index (Phi) is 5.72. The lowest BCUT2D eigenvalue weighted by molar-refractivity contribution is 0.0999. The van der Waals surface area contributed by atoms with Crippen LogP contribution in [0.2, 0.25) is 5.02 Å². The van der Waals surface area contributed by atoms with Gasteiger partial charge in [0.1, 0.15) is 22.7 Å². The molecule has 0 atom stereocenters. The van der Waals surface area contributed by atoms with Gasteiger partial charge in [-0.3, -0.25) is 14.7 Å². The molecule has 174 valence electrons. The number of anilines is 2. The molecule has 3 aromatic carbocycles. The van der Waals surface area contributed by atoms with E-state index in [1.807, 2.05) is 0 Å². The summed E-state index contributed by atoms with van der Waals surface area (Å²) in [6, 6.07) is 20.4. The predicted octanol–water partition coefficient (Wildman–Crippen LogP) is 5.99. The van der Waals surface area contributed by atoms with Crippen molar-refractivity contribution in [3.63, 3.8) is 0 Å². The van der Waals surface area contributed by atoms with Crippen molar-refractivity contribution >= 4 is 45.8 Å². The Balaban J connectivity index is 1.45. The lowest BCUT2D eigenvalue weighted by Gasteiger charge is -2.07. The van der Waals surface area contributed by atoms with Crippen LogP contribution in [-0.4, -0.2) is 27.1 Å². The number of nitrogens with one attached hydrogen (secondary N) is 3. The first-order valence-corrected chi connectivity index (χ1v) is 11.0. The van der Waals surface area contributed by atoms with Crippen LogP contribution in [-0.2, 0) is 0 Å². The molecular weight excluding hydrogens is 468 g/mol. The van der Waals surface area contributed by atoms with Crippen molar-refractivity contribution in [3.8, 4) is 17.0 Å². The molecule has 0 fully saturated rings. The van der Waals surface area contributed by atoms with Gasteiger partial charge in [-0.05, 0) is 61.0 Å². The topological polar surface area (TPSA) is 120 Å². The van der Waals surface area contributed by atoms with E-state index >= 15 is 0 Å². The molecule has 0 aliphatic carbocycles. The molecule has 8 nitrogen and oxygen atoms in total. The average molecular weight is 487 g/mol. The number of aryl methyl sites for hydroxylation is 1. The van der Waals surface area contributed by atoms with E-state index in [0.29, 0.717) is 38.5 Å². The summed E-state index contributed by atoms with van der Waals surface area (Å²) in [4.78, 5) is 26.1. The smallest absolute Gasteiger partial charge is 0.293 e. The van der Waals surface area contributed by atoms with E-state index in [0.717, 1.165) is 0 Å². The van der Waals surface area contributed by atoms with Crippen molar-refractivity contribution in [1.82, 2.24) is 10.2 Å². The number of hydrogen-bond donors (Lipinski definition) is 4. The van der Waals surface area contributed by atoms with Crippen molar-refractivity contribution < 1.29 is 19.1 Å². The van der Waals surface area contributed by atoms with Gasteiger partial charge in [0.2, 0.25) is 5.76 Å². The summed E-state index contributed by atoms with van der Waals surface area (Å²) in [5, 5.41) is 23.8. The van der Waals surface area contributed by atoms with E-state index in [-0.39, 0.29) is 22.9 Å². The van der Waals surface area contributed by atoms with Crippen molar-refractivity contribution in [1.29, 1.82) is 0 Å². The Morgan fingerprint density at radius 2 is 1.74 bits per heavy atom. The molecule has 0 aliphatic heterocycles. The van der Waals surface area contributed by atoms with Gasteiger partial charge in [0.25, 0.3) is 11.8 Å². The second-order valence-corrected chi connectivity index (χ2v) is 8.29. The van der Waals surface area contributed by atoms with E-state index in [1.54, 1.807) is 73.7 Å². The summed E-state index contributed by atoms with van der Waals surface area (Å²) in [5.74, 6) is -1.02. The number of rotatable bonds is 5. The summed E-state index contributed by atoms with van der Waals surface area (Å²) in [6.45, 7) is 1.78. The van der Waals surface area contributed by atoms with E-state index < -0.39 is 11.8 Å². The lowest BCUT2D eigenvalue weighted by Crippen LogP contribution is -2.17. The highest BCUT2D eigenvalue weighted by atomic mass is 35.5. The number of phenolic OH excluding ortho intramolecular Hbond substituents is 1. The Labute approximate surface area is 204 Å². The molecule has 0 saturated heterocycles. The molecule has 2 amide bonds. The molecule has 5 aromatic rings. The third-order valence-electron chi connectivity index (χ3n) is 5.48. The summed E-state index contributed by atoms with van der Waals surface area (Å²) >= 11 is 5.92. The second kappa shape index (κ2) is 9.00. The third-order valence-corrected chi connectivity index (χ3v) is 5.73. The number of fused-ring (bicyclic) bond motifs is 1. The van der Waals surface area contributed by atoms with Crippen molar-refractivity contribution in [2.45, 2.75) is 6.92 Å². The Morgan fingerprint density at radius 3 is 2.54 bits per heavy atom. The largest absolute Gasteiger partial charge is 0.507 e. The van der Waals surface area contributed by atoms with Gasteiger partial charge >= 0.3 is 0 Å². The first-order chi connectivity index (χ1) is 16.9. The van der Waals surface area contributed by atoms with Crippen LogP contribution in [0.3, 0.4) is 0 Å². The van der Waals surface area contributed by atoms with Crippen molar-refractivity contribution in [3.05, 3.63) is 94.8 Å². The number of amides is 2. The number of phenols is 1. The van der Waals surface area contributed by atoms with Gasteiger partial charge < -0.3 is 20.2 Å². The summed E-state index contributed by atoms with van der Waals surface area (Å²) in [5.41, 5.74) is 2.94. The fraction of sp³-hybridized carbons (Fsp3) is 0.0385. The van der Waals surface area contributed by atoms with Crippen LogP contribution in [0.5, 0.6) is 5.75 Å². The Bertz CT molecular complexity index is 1570. The first kappa shape index (κ1) is 22.2. The number of aromatic hydroxyl groups is 1. The summed E-state index contributed by atoms with van der Waals surface area (Å²) < 4.78 is 5.79. The number of nitrogens with zero attached hydrogens (tertiary/aromatic N) is 1. The summed E-state index contributed by atoms with van der Waals surface area (Å²) in [7, 11) is 0. The first-order valence-electron chi connectivity index (χ1n) is 10.6. The SMILES string of the molecule is Cc1cccc(-c2cc(C(=O)Nc3c(C(=O)Nc4ccc(Cl)cc4)oc4ccccc34)[nH]n2)c1O. The number of hydrogen-bond acceptors (Lipinski definition) is 5.